The third-order valence-corrected chi connectivity index (χ3v) is 4.55. The van der Waals surface area contributed by atoms with Gasteiger partial charge < -0.3 is 20.7 Å². The summed E-state index contributed by atoms with van der Waals surface area (Å²) in [5.74, 6) is -1.43. The lowest BCUT2D eigenvalue weighted by Crippen LogP contribution is -2.52. The number of methoxy groups -OCH3 is 1. The maximum absolute atomic E-state index is 14.4. The number of carbonyl (C=O) groups excluding carboxylic acids is 2. The van der Waals surface area contributed by atoms with Gasteiger partial charge in [0.05, 0.1) is 13.2 Å². The highest BCUT2D eigenvalue weighted by Gasteiger charge is 2.40. The van der Waals surface area contributed by atoms with Gasteiger partial charge in [0, 0.05) is 22.0 Å². The van der Waals surface area contributed by atoms with Crippen LogP contribution in [0.25, 0.3) is 0 Å². The second-order valence-electron chi connectivity index (χ2n) is 5.93. The van der Waals surface area contributed by atoms with Gasteiger partial charge in [0.1, 0.15) is 17.5 Å². The number of halogens is 2. The molecule has 0 radical (unpaired) electrons. The number of rotatable bonds is 4. The fourth-order valence-corrected chi connectivity index (χ4v) is 3.22. The normalized spacial score (nSPS) is 19.1. The molecular weight excluding hydrogens is 373 g/mol. The van der Waals surface area contributed by atoms with E-state index in [9.17, 15) is 14.0 Å². The van der Waals surface area contributed by atoms with Gasteiger partial charge in [-0.05, 0) is 36.4 Å². The van der Waals surface area contributed by atoms with E-state index < -0.39 is 29.7 Å². The van der Waals surface area contributed by atoms with Crippen LogP contribution < -0.4 is 20.7 Å². The number of amides is 3. The molecule has 8 heteroatoms. The topological polar surface area (TPSA) is 79.5 Å². The first kappa shape index (κ1) is 18.7. The first-order chi connectivity index (χ1) is 12.9. The third-order valence-electron chi connectivity index (χ3n) is 4.22. The monoisotopic (exact) mass is 389 g/mol. The minimum atomic E-state index is -1.00. The van der Waals surface area contributed by atoms with Gasteiger partial charge in [0.2, 0.25) is 5.91 Å². The van der Waals surface area contributed by atoms with Crippen molar-refractivity contribution in [2.75, 3.05) is 12.4 Å². The van der Waals surface area contributed by atoms with Crippen LogP contribution >= 0.6 is 11.6 Å². The number of hydrogen-bond donors (Lipinski definition) is 3. The number of benzene rings is 2. The maximum Gasteiger partial charge on any atom is 0.319 e. The van der Waals surface area contributed by atoms with Gasteiger partial charge in [0.25, 0.3) is 0 Å². The highest BCUT2D eigenvalue weighted by atomic mass is 35.5. The number of urea groups is 1. The number of ether oxygens (including phenoxy) is 1. The average molecular weight is 390 g/mol. The molecule has 3 N–H and O–H groups in total. The lowest BCUT2D eigenvalue weighted by molar-refractivity contribution is -0.119. The van der Waals surface area contributed by atoms with E-state index in [1.807, 2.05) is 0 Å². The Morgan fingerprint density at radius 3 is 2.59 bits per heavy atom. The Kier molecular flexibility index (Phi) is 5.32. The zero-order chi connectivity index (χ0) is 19.6. The predicted molar refractivity (Wildman–Crippen MR) is 100 cm³/mol. The number of nitrogens with one attached hydrogen (secondary N) is 3. The Balaban J connectivity index is 1.92. The fraction of sp³-hybridized carbons (Fsp3) is 0.158. The van der Waals surface area contributed by atoms with Gasteiger partial charge in [-0.2, -0.15) is 0 Å². The van der Waals surface area contributed by atoms with Crippen LogP contribution in [0.3, 0.4) is 0 Å². The second-order valence-corrected chi connectivity index (χ2v) is 6.34. The van der Waals surface area contributed by atoms with Gasteiger partial charge >= 0.3 is 6.03 Å². The maximum atomic E-state index is 14.4. The molecule has 0 saturated carbocycles. The molecule has 0 unspecified atom stereocenters. The predicted octanol–water partition coefficient (Wildman–Crippen LogP) is 3.61. The highest BCUT2D eigenvalue weighted by molar-refractivity contribution is 6.31. The van der Waals surface area contributed by atoms with Crippen molar-refractivity contribution in [3.05, 3.63) is 71.1 Å². The number of carbonyl (C=O) groups is 2. The molecule has 1 saturated heterocycles. The summed E-state index contributed by atoms with van der Waals surface area (Å²) in [5.41, 5.74) is 0.697. The standard InChI is InChI=1S/C19H17ClFN3O3/c1-10-15(18(25)23-11-6-8-12(27-2)9-7-11)17(24-19(26)22-10)16-13(20)4-3-5-14(16)21/h3-9,15,17H,1H2,2H3,(H,23,25)(H2,22,24,26)/t15-,17-/m0/s1. The van der Waals surface area contributed by atoms with Crippen molar-refractivity contribution in [2.45, 2.75) is 6.04 Å². The molecule has 3 rings (SSSR count). The lowest BCUT2D eigenvalue weighted by Gasteiger charge is -2.34. The molecule has 140 valence electrons. The van der Waals surface area contributed by atoms with Gasteiger partial charge in [0.15, 0.2) is 0 Å². The van der Waals surface area contributed by atoms with Gasteiger partial charge in [-0.15, -0.1) is 0 Å². The van der Waals surface area contributed by atoms with Crippen molar-refractivity contribution < 1.29 is 18.7 Å². The molecule has 1 aliphatic rings. The molecule has 2 atom stereocenters. The first-order valence-corrected chi connectivity index (χ1v) is 8.43. The summed E-state index contributed by atoms with van der Waals surface area (Å²) in [7, 11) is 1.54. The molecule has 3 amide bonds. The molecule has 6 nitrogen and oxygen atoms in total. The summed E-state index contributed by atoms with van der Waals surface area (Å²) in [6.45, 7) is 3.75. The van der Waals surface area contributed by atoms with E-state index in [0.717, 1.165) is 0 Å². The molecule has 27 heavy (non-hydrogen) atoms. The van der Waals surface area contributed by atoms with Crippen LogP contribution in [0.1, 0.15) is 11.6 Å². The van der Waals surface area contributed by atoms with Crippen LogP contribution in [-0.2, 0) is 4.79 Å². The fourth-order valence-electron chi connectivity index (χ4n) is 2.94. The zero-order valence-electron chi connectivity index (χ0n) is 14.4. The second kappa shape index (κ2) is 7.67. The van der Waals surface area contributed by atoms with Crippen molar-refractivity contribution in [3.63, 3.8) is 0 Å². The zero-order valence-corrected chi connectivity index (χ0v) is 15.1. The van der Waals surface area contributed by atoms with E-state index in [4.69, 9.17) is 16.3 Å². The third kappa shape index (κ3) is 3.88. The van der Waals surface area contributed by atoms with E-state index in [0.29, 0.717) is 11.4 Å². The quantitative estimate of drug-likeness (QED) is 0.747. The summed E-state index contributed by atoms with van der Waals surface area (Å²) < 4.78 is 19.5. The van der Waals surface area contributed by atoms with Crippen molar-refractivity contribution in [1.29, 1.82) is 0 Å². The smallest absolute Gasteiger partial charge is 0.319 e. The van der Waals surface area contributed by atoms with Crippen molar-refractivity contribution >= 4 is 29.2 Å². The highest BCUT2D eigenvalue weighted by Crippen LogP contribution is 2.35. The molecule has 1 heterocycles. The average Bonchev–Trinajstić information content (AvgIpc) is 2.61. The molecular formula is C19H17ClFN3O3. The summed E-state index contributed by atoms with van der Waals surface area (Å²) in [6.07, 6.45) is 0. The molecule has 0 bridgehead atoms. The van der Waals surface area contributed by atoms with Crippen LogP contribution in [0.5, 0.6) is 5.75 Å². The number of anilines is 1. The minimum absolute atomic E-state index is 0.0325. The molecule has 2 aromatic carbocycles. The van der Waals surface area contributed by atoms with Crippen LogP contribution in [0.15, 0.2) is 54.7 Å². The Morgan fingerprint density at radius 2 is 1.96 bits per heavy atom. The Bertz CT molecular complexity index is 881. The van der Waals surface area contributed by atoms with E-state index in [-0.39, 0.29) is 16.3 Å². The first-order valence-electron chi connectivity index (χ1n) is 8.06. The van der Waals surface area contributed by atoms with Crippen LogP contribution in [0, 0.1) is 11.7 Å². The van der Waals surface area contributed by atoms with Gasteiger partial charge in [-0.1, -0.05) is 24.2 Å². The van der Waals surface area contributed by atoms with E-state index in [2.05, 4.69) is 22.5 Å². The summed E-state index contributed by atoms with van der Waals surface area (Å²) in [5, 5.41) is 7.87. The van der Waals surface area contributed by atoms with Crippen LogP contribution in [0.4, 0.5) is 14.9 Å². The Morgan fingerprint density at radius 1 is 1.26 bits per heavy atom. The summed E-state index contributed by atoms with van der Waals surface area (Å²) in [6, 6.07) is 9.29. The molecule has 0 aliphatic carbocycles. The van der Waals surface area contributed by atoms with E-state index in [1.165, 1.54) is 25.3 Å². The van der Waals surface area contributed by atoms with Crippen molar-refractivity contribution in [2.24, 2.45) is 5.92 Å². The summed E-state index contributed by atoms with van der Waals surface area (Å²) >= 11 is 6.13. The van der Waals surface area contributed by atoms with E-state index in [1.54, 1.807) is 24.3 Å². The van der Waals surface area contributed by atoms with Crippen molar-refractivity contribution in [1.82, 2.24) is 10.6 Å². The minimum Gasteiger partial charge on any atom is -0.497 e. The molecule has 2 aromatic rings. The molecule has 0 spiro atoms. The van der Waals surface area contributed by atoms with Gasteiger partial charge in [-0.25, -0.2) is 9.18 Å². The lowest BCUT2D eigenvalue weighted by atomic mass is 9.87. The number of hydrogen-bond acceptors (Lipinski definition) is 3. The van der Waals surface area contributed by atoms with Crippen molar-refractivity contribution in [3.8, 4) is 5.75 Å². The molecule has 1 fully saturated rings. The largest absolute Gasteiger partial charge is 0.497 e. The molecule has 0 aromatic heterocycles. The SMILES string of the molecule is C=C1NC(=O)N[C@H](c2c(F)cccc2Cl)[C@H]1C(=O)Nc1ccc(OC)cc1. The molecule has 1 aliphatic heterocycles. The van der Waals surface area contributed by atoms with Crippen LogP contribution in [0.2, 0.25) is 5.02 Å². The van der Waals surface area contributed by atoms with Gasteiger partial charge in [-0.3, -0.25) is 4.79 Å². The Hall–Kier alpha value is -3.06. The summed E-state index contributed by atoms with van der Waals surface area (Å²) in [4.78, 5) is 24.8. The van der Waals surface area contributed by atoms with Crippen LogP contribution in [-0.4, -0.2) is 19.0 Å². The van der Waals surface area contributed by atoms with E-state index >= 15 is 0 Å². The Labute approximate surface area is 160 Å².